The summed E-state index contributed by atoms with van der Waals surface area (Å²) in [5, 5.41) is 9.07. The van der Waals surface area contributed by atoms with Crippen molar-refractivity contribution in [1.29, 1.82) is 0 Å². The van der Waals surface area contributed by atoms with E-state index >= 15 is 0 Å². The molecule has 0 spiro atoms. The molecule has 2 rings (SSSR count). The van der Waals surface area contributed by atoms with Crippen LogP contribution in [0.1, 0.15) is 6.92 Å². The molecule has 9 heteroatoms. The summed E-state index contributed by atoms with van der Waals surface area (Å²) in [5.41, 5.74) is 5.75. The van der Waals surface area contributed by atoms with E-state index in [2.05, 4.69) is 4.84 Å². The highest BCUT2D eigenvalue weighted by molar-refractivity contribution is 5.90. The maximum absolute atomic E-state index is 13.0. The average molecular weight is 273 g/mol. The molecular formula is C10H12FN3O5. The number of hydrogen-bond donors (Lipinski definition) is 2. The number of primary amides is 1. The van der Waals surface area contributed by atoms with E-state index in [0.717, 1.165) is 4.90 Å². The first-order chi connectivity index (χ1) is 8.82. The minimum Gasteiger partial charge on any atom is -0.477 e. The summed E-state index contributed by atoms with van der Waals surface area (Å²) in [7, 11) is 0. The fraction of sp³-hybridized carbons (Fsp3) is 0.500. The largest absolute Gasteiger partial charge is 0.477 e. The van der Waals surface area contributed by atoms with Crippen molar-refractivity contribution in [3.8, 4) is 0 Å². The molecule has 19 heavy (non-hydrogen) atoms. The van der Waals surface area contributed by atoms with E-state index in [1.54, 1.807) is 6.92 Å². The first kappa shape index (κ1) is 13.3. The number of nitrogens with zero attached hydrogens (tertiary/aromatic N) is 2. The maximum Gasteiger partial charge on any atom is 0.368 e. The fourth-order valence-corrected chi connectivity index (χ4v) is 2.11. The molecule has 1 fully saturated rings. The molecule has 104 valence electrons. The number of nitrogens with two attached hydrogens (primary N) is 1. The summed E-state index contributed by atoms with van der Waals surface area (Å²) in [4.78, 5) is 39.1. The van der Waals surface area contributed by atoms with Gasteiger partial charge < -0.3 is 15.7 Å². The third-order valence-electron chi connectivity index (χ3n) is 3.06. The first-order valence-corrected chi connectivity index (χ1v) is 5.44. The van der Waals surface area contributed by atoms with E-state index < -0.39 is 36.3 Å². The van der Waals surface area contributed by atoms with Gasteiger partial charge in [-0.05, 0) is 12.5 Å². The van der Waals surface area contributed by atoms with Crippen LogP contribution in [0.5, 0.6) is 0 Å². The van der Waals surface area contributed by atoms with Crippen LogP contribution in [-0.4, -0.2) is 58.0 Å². The number of halogens is 1. The molecule has 3 atom stereocenters. The number of amides is 3. The van der Waals surface area contributed by atoms with Gasteiger partial charge >= 0.3 is 18.4 Å². The minimum atomic E-state index is -2.65. The Morgan fingerprint density at radius 1 is 1.63 bits per heavy atom. The lowest BCUT2D eigenvalue weighted by Gasteiger charge is -2.26. The molecule has 8 nitrogen and oxygen atoms in total. The number of hydroxylamine groups is 2. The molecular weight excluding hydrogens is 261 g/mol. The maximum atomic E-state index is 13.0. The SMILES string of the molecule is CC1=C[C@@H](C(N)=O)N2C[C@@H]1N(OC(F)C(=O)O)C2=O. The number of alkyl halides is 1. The zero-order chi connectivity index (χ0) is 14.3. The smallest absolute Gasteiger partial charge is 0.368 e. The highest BCUT2D eigenvalue weighted by atomic mass is 19.1. The van der Waals surface area contributed by atoms with Crippen molar-refractivity contribution in [2.24, 2.45) is 5.73 Å². The van der Waals surface area contributed by atoms with Crippen molar-refractivity contribution in [3.63, 3.8) is 0 Å². The third kappa shape index (κ3) is 2.12. The number of urea groups is 1. The van der Waals surface area contributed by atoms with E-state index in [4.69, 9.17) is 10.8 Å². The first-order valence-electron chi connectivity index (χ1n) is 5.44. The van der Waals surface area contributed by atoms with Gasteiger partial charge in [-0.3, -0.25) is 4.79 Å². The van der Waals surface area contributed by atoms with E-state index in [1.807, 2.05) is 0 Å². The van der Waals surface area contributed by atoms with Crippen LogP contribution >= 0.6 is 0 Å². The second-order valence-corrected chi connectivity index (χ2v) is 4.29. The molecule has 1 saturated heterocycles. The van der Waals surface area contributed by atoms with Gasteiger partial charge in [0.2, 0.25) is 5.91 Å². The molecule has 3 N–H and O–H groups in total. The Hall–Kier alpha value is -2.16. The Balaban J connectivity index is 2.23. The predicted octanol–water partition coefficient (Wildman–Crippen LogP) is -0.782. The topological polar surface area (TPSA) is 113 Å². The van der Waals surface area contributed by atoms with Crippen molar-refractivity contribution in [2.75, 3.05) is 6.54 Å². The van der Waals surface area contributed by atoms with Gasteiger partial charge in [0, 0.05) is 0 Å². The Kier molecular flexibility index (Phi) is 3.14. The Morgan fingerprint density at radius 2 is 2.26 bits per heavy atom. The highest BCUT2D eigenvalue weighted by Crippen LogP contribution is 2.30. The molecule has 0 radical (unpaired) electrons. The summed E-state index contributed by atoms with van der Waals surface area (Å²) < 4.78 is 13.0. The van der Waals surface area contributed by atoms with Crippen LogP contribution < -0.4 is 5.73 Å². The summed E-state index contributed by atoms with van der Waals surface area (Å²) in [6, 6.07) is -2.34. The summed E-state index contributed by atoms with van der Waals surface area (Å²) in [5.74, 6) is -2.56. The number of carboxylic acids is 1. The second-order valence-electron chi connectivity index (χ2n) is 4.29. The van der Waals surface area contributed by atoms with Crippen molar-refractivity contribution in [2.45, 2.75) is 25.4 Å². The lowest BCUT2D eigenvalue weighted by molar-refractivity contribution is -0.220. The van der Waals surface area contributed by atoms with E-state index in [1.165, 1.54) is 6.08 Å². The third-order valence-corrected chi connectivity index (χ3v) is 3.06. The fourth-order valence-electron chi connectivity index (χ4n) is 2.11. The van der Waals surface area contributed by atoms with Gasteiger partial charge in [0.15, 0.2) is 0 Å². The summed E-state index contributed by atoms with van der Waals surface area (Å²) in [6.45, 7) is 1.72. The van der Waals surface area contributed by atoms with Crippen molar-refractivity contribution in [3.05, 3.63) is 11.6 Å². The summed E-state index contributed by atoms with van der Waals surface area (Å²) >= 11 is 0. The molecule has 2 aliphatic heterocycles. The Bertz CT molecular complexity index is 480. The molecule has 2 heterocycles. The number of carboxylic acid groups (broad SMARTS) is 1. The van der Waals surface area contributed by atoms with Gasteiger partial charge in [0.1, 0.15) is 12.1 Å². The summed E-state index contributed by atoms with van der Waals surface area (Å²) in [6.07, 6.45) is -1.17. The number of carbonyl (C=O) groups is 3. The van der Waals surface area contributed by atoms with Crippen LogP contribution in [0, 0.1) is 0 Å². The molecule has 0 aliphatic carbocycles. The van der Waals surface area contributed by atoms with Crippen LogP contribution in [0.15, 0.2) is 11.6 Å². The highest BCUT2D eigenvalue weighted by Gasteiger charge is 2.48. The van der Waals surface area contributed by atoms with Crippen molar-refractivity contribution in [1.82, 2.24) is 9.96 Å². The van der Waals surface area contributed by atoms with E-state index in [-0.39, 0.29) is 6.54 Å². The number of fused-ring (bicyclic) bond motifs is 2. The van der Waals surface area contributed by atoms with Gasteiger partial charge in [-0.1, -0.05) is 6.08 Å². The molecule has 3 amide bonds. The molecule has 0 aromatic rings. The number of rotatable bonds is 4. The lowest BCUT2D eigenvalue weighted by atomic mass is 10.0. The van der Waals surface area contributed by atoms with E-state index in [0.29, 0.717) is 10.6 Å². The molecule has 0 saturated carbocycles. The zero-order valence-electron chi connectivity index (χ0n) is 9.95. The van der Waals surface area contributed by atoms with E-state index in [9.17, 15) is 18.8 Å². The molecule has 2 aliphatic rings. The van der Waals surface area contributed by atoms with Gasteiger partial charge in [-0.25, -0.2) is 18.8 Å². The lowest BCUT2D eigenvalue weighted by Crippen LogP contribution is -2.46. The van der Waals surface area contributed by atoms with Crippen LogP contribution in [-0.2, 0) is 14.4 Å². The average Bonchev–Trinajstić information content (AvgIpc) is 2.60. The number of carbonyl (C=O) groups excluding carboxylic acids is 2. The van der Waals surface area contributed by atoms with Gasteiger partial charge in [0.25, 0.3) is 0 Å². The Morgan fingerprint density at radius 3 is 2.79 bits per heavy atom. The molecule has 2 bridgehead atoms. The Labute approximate surface area is 107 Å². The monoisotopic (exact) mass is 273 g/mol. The minimum absolute atomic E-state index is 0.0983. The van der Waals surface area contributed by atoms with Crippen LogP contribution in [0.25, 0.3) is 0 Å². The van der Waals surface area contributed by atoms with Gasteiger partial charge in [-0.15, -0.1) is 0 Å². The van der Waals surface area contributed by atoms with Crippen LogP contribution in [0.2, 0.25) is 0 Å². The van der Waals surface area contributed by atoms with Crippen molar-refractivity contribution < 1.29 is 28.7 Å². The standard InChI is InChI=1S/C10H12FN3O5/c1-4-2-5(8(12)15)13-3-6(4)14(10(13)18)19-7(11)9(16)17/h2,5-7H,3H2,1H3,(H2,12,15)(H,16,17)/t5-,6-,7?/m0/s1. The molecule has 0 aromatic heterocycles. The second kappa shape index (κ2) is 4.50. The predicted molar refractivity (Wildman–Crippen MR) is 58.1 cm³/mol. The van der Waals surface area contributed by atoms with Crippen LogP contribution in [0.4, 0.5) is 9.18 Å². The number of hydrogen-bond acceptors (Lipinski definition) is 4. The molecule has 0 aromatic carbocycles. The number of aliphatic carboxylic acids is 1. The van der Waals surface area contributed by atoms with Crippen LogP contribution in [0.3, 0.4) is 0 Å². The van der Waals surface area contributed by atoms with Crippen molar-refractivity contribution >= 4 is 17.9 Å². The quantitative estimate of drug-likeness (QED) is 0.652. The van der Waals surface area contributed by atoms with Gasteiger partial charge in [0.05, 0.1) is 6.54 Å². The zero-order valence-corrected chi connectivity index (χ0v) is 9.95. The van der Waals surface area contributed by atoms with Gasteiger partial charge in [-0.2, -0.15) is 5.06 Å². The molecule has 1 unspecified atom stereocenters. The normalized spacial score (nSPS) is 27.3.